The highest BCUT2D eigenvalue weighted by Crippen LogP contribution is 2.29. The second kappa shape index (κ2) is 14.3. The Morgan fingerprint density at radius 3 is 2.23 bits per heavy atom. The van der Waals surface area contributed by atoms with E-state index in [-0.39, 0.29) is 6.10 Å². The summed E-state index contributed by atoms with van der Waals surface area (Å²) in [7, 11) is 0. The average Bonchev–Trinajstić information content (AvgIpc) is 3.38. The fourth-order valence-corrected chi connectivity index (χ4v) is 2.65. The molecule has 2 N–H and O–H groups in total. The predicted octanol–water partition coefficient (Wildman–Crippen LogP) is 4.73. The minimum Gasteiger partial charge on any atom is -0.478 e. The summed E-state index contributed by atoms with van der Waals surface area (Å²) in [4.78, 5) is 10.2. The first-order chi connectivity index (χ1) is 12.6. The molecule has 0 aromatic heterocycles. The average molecular weight is 360 g/mol. The van der Waals surface area contributed by atoms with Gasteiger partial charge in [0.2, 0.25) is 0 Å². The van der Waals surface area contributed by atoms with Gasteiger partial charge in [-0.25, -0.2) is 4.79 Å². The van der Waals surface area contributed by atoms with Crippen molar-refractivity contribution in [2.24, 2.45) is 0 Å². The van der Waals surface area contributed by atoms with Gasteiger partial charge in [-0.2, -0.15) is 0 Å². The quantitative estimate of drug-likeness (QED) is 0.203. The van der Waals surface area contributed by atoms with Crippen molar-refractivity contribution in [2.45, 2.75) is 70.2 Å². The number of rotatable bonds is 14. The van der Waals surface area contributed by atoms with Crippen LogP contribution in [0.4, 0.5) is 0 Å². The highest BCUT2D eigenvalue weighted by Gasteiger charge is 2.35. The molecule has 1 saturated heterocycles. The Hall–Kier alpha value is -1.91. The van der Waals surface area contributed by atoms with Gasteiger partial charge >= 0.3 is 5.97 Å². The van der Waals surface area contributed by atoms with Crippen LogP contribution in [0.25, 0.3) is 0 Å². The Balaban J connectivity index is 1.97. The maximum Gasteiger partial charge on any atom is 0.328 e. The Bertz CT molecular complexity index is 528. The molecule has 0 aliphatic carbocycles. The maximum atomic E-state index is 10.2. The van der Waals surface area contributed by atoms with Gasteiger partial charge in [-0.1, -0.05) is 74.4 Å². The molecule has 1 fully saturated rings. The van der Waals surface area contributed by atoms with E-state index < -0.39 is 5.97 Å². The van der Waals surface area contributed by atoms with Crippen molar-refractivity contribution in [1.29, 1.82) is 0 Å². The fourth-order valence-electron chi connectivity index (χ4n) is 2.65. The SMILES string of the molecule is CCC1OC1CCCCC(O)CCC=CC=CC=CC=CC=CC(=O)O. The lowest BCUT2D eigenvalue weighted by atomic mass is 10.0. The van der Waals surface area contributed by atoms with Crippen LogP contribution < -0.4 is 0 Å². The first-order valence-corrected chi connectivity index (χ1v) is 9.53. The first-order valence-electron chi connectivity index (χ1n) is 9.53. The van der Waals surface area contributed by atoms with Crippen molar-refractivity contribution in [3.63, 3.8) is 0 Å². The molecule has 4 heteroatoms. The van der Waals surface area contributed by atoms with Crippen LogP contribution in [0.15, 0.2) is 60.8 Å². The minimum absolute atomic E-state index is 0.213. The summed E-state index contributed by atoms with van der Waals surface area (Å²) in [6.45, 7) is 2.16. The van der Waals surface area contributed by atoms with E-state index in [2.05, 4.69) is 13.0 Å². The molecule has 0 aromatic carbocycles. The normalized spacial score (nSPS) is 21.8. The lowest BCUT2D eigenvalue weighted by Gasteiger charge is -2.08. The van der Waals surface area contributed by atoms with Crippen molar-refractivity contribution < 1.29 is 19.7 Å². The smallest absolute Gasteiger partial charge is 0.328 e. The molecule has 0 aromatic rings. The van der Waals surface area contributed by atoms with Crippen LogP contribution >= 0.6 is 0 Å². The molecule has 3 unspecified atom stereocenters. The molecule has 26 heavy (non-hydrogen) atoms. The van der Waals surface area contributed by atoms with E-state index in [0.717, 1.165) is 51.0 Å². The van der Waals surface area contributed by atoms with Crippen LogP contribution in [0.5, 0.6) is 0 Å². The largest absolute Gasteiger partial charge is 0.478 e. The molecule has 0 radical (unpaired) electrons. The molecule has 4 nitrogen and oxygen atoms in total. The van der Waals surface area contributed by atoms with Crippen LogP contribution in [0.3, 0.4) is 0 Å². The Kier molecular flexibility index (Phi) is 12.2. The summed E-state index contributed by atoms with van der Waals surface area (Å²) < 4.78 is 5.52. The zero-order chi connectivity index (χ0) is 19.0. The Morgan fingerprint density at radius 1 is 0.962 bits per heavy atom. The predicted molar refractivity (Wildman–Crippen MR) is 106 cm³/mol. The molecule has 0 amide bonds. The van der Waals surface area contributed by atoms with Gasteiger partial charge in [-0.15, -0.1) is 0 Å². The van der Waals surface area contributed by atoms with Crippen LogP contribution in [-0.4, -0.2) is 34.5 Å². The van der Waals surface area contributed by atoms with Crippen LogP contribution in [-0.2, 0) is 9.53 Å². The molecule has 0 bridgehead atoms. The van der Waals surface area contributed by atoms with Gasteiger partial charge < -0.3 is 14.9 Å². The summed E-state index contributed by atoms with van der Waals surface area (Å²) in [5.41, 5.74) is 0. The number of aliphatic hydroxyl groups excluding tert-OH is 1. The molecule has 1 aliphatic heterocycles. The third-order valence-corrected chi connectivity index (χ3v) is 4.19. The molecular weight excluding hydrogens is 328 g/mol. The molecule has 0 spiro atoms. The van der Waals surface area contributed by atoms with Crippen molar-refractivity contribution in [2.75, 3.05) is 0 Å². The molecular formula is C22H32O4. The number of carboxylic acids is 1. The number of epoxide rings is 1. The fraction of sp³-hybridized carbons (Fsp3) is 0.500. The summed E-state index contributed by atoms with van der Waals surface area (Å²) in [5.74, 6) is -0.952. The standard InChI is InChI=1S/C22H32O4/c1-2-20-21(26-20)17-14-13-16-19(23)15-11-9-7-5-3-4-6-8-10-12-18-22(24)25/h3-10,12,18-21,23H,2,11,13-17H2,1H3,(H,24,25). The van der Waals surface area contributed by atoms with E-state index in [0.29, 0.717) is 12.2 Å². The number of carbonyl (C=O) groups is 1. The van der Waals surface area contributed by atoms with Gasteiger partial charge in [-0.3, -0.25) is 0 Å². The van der Waals surface area contributed by atoms with E-state index in [4.69, 9.17) is 9.84 Å². The highest BCUT2D eigenvalue weighted by atomic mass is 16.6. The van der Waals surface area contributed by atoms with Crippen molar-refractivity contribution in [3.05, 3.63) is 60.8 Å². The summed E-state index contributed by atoms with van der Waals surface area (Å²) in [5, 5.41) is 18.4. The van der Waals surface area contributed by atoms with Gasteiger partial charge in [0.25, 0.3) is 0 Å². The number of hydrogen-bond acceptors (Lipinski definition) is 3. The number of aliphatic hydroxyl groups is 1. The monoisotopic (exact) mass is 360 g/mol. The summed E-state index contributed by atoms with van der Waals surface area (Å²) in [6.07, 6.45) is 25.3. The molecule has 144 valence electrons. The summed E-state index contributed by atoms with van der Waals surface area (Å²) >= 11 is 0. The van der Waals surface area contributed by atoms with E-state index >= 15 is 0 Å². The van der Waals surface area contributed by atoms with E-state index in [1.54, 1.807) is 12.2 Å². The number of aliphatic carboxylic acids is 1. The van der Waals surface area contributed by atoms with E-state index in [1.807, 2.05) is 30.4 Å². The minimum atomic E-state index is -0.952. The highest BCUT2D eigenvalue weighted by molar-refractivity contribution is 5.80. The second-order valence-corrected chi connectivity index (χ2v) is 6.42. The lowest BCUT2D eigenvalue weighted by molar-refractivity contribution is -0.131. The number of allylic oxidation sites excluding steroid dienone is 9. The number of hydrogen-bond donors (Lipinski definition) is 2. The van der Waals surface area contributed by atoms with Crippen LogP contribution in [0.1, 0.15) is 51.9 Å². The molecule has 1 rings (SSSR count). The summed E-state index contributed by atoms with van der Waals surface area (Å²) in [6, 6.07) is 0. The molecule has 1 aliphatic rings. The van der Waals surface area contributed by atoms with Gasteiger partial charge in [-0.05, 0) is 32.1 Å². The Labute approximate surface area is 157 Å². The molecule has 3 atom stereocenters. The third-order valence-electron chi connectivity index (χ3n) is 4.19. The first kappa shape index (κ1) is 22.1. The topological polar surface area (TPSA) is 70.1 Å². The van der Waals surface area contributed by atoms with Gasteiger partial charge in [0.15, 0.2) is 0 Å². The van der Waals surface area contributed by atoms with Gasteiger partial charge in [0.05, 0.1) is 18.3 Å². The van der Waals surface area contributed by atoms with Crippen LogP contribution in [0, 0.1) is 0 Å². The van der Waals surface area contributed by atoms with Gasteiger partial charge in [0.1, 0.15) is 0 Å². The Morgan fingerprint density at radius 2 is 1.62 bits per heavy atom. The molecule has 0 saturated carbocycles. The second-order valence-electron chi connectivity index (χ2n) is 6.42. The van der Waals surface area contributed by atoms with Crippen molar-refractivity contribution >= 4 is 5.97 Å². The van der Waals surface area contributed by atoms with E-state index in [1.165, 1.54) is 6.08 Å². The molecule has 1 heterocycles. The lowest BCUT2D eigenvalue weighted by Crippen LogP contribution is -2.05. The number of carboxylic acid groups (broad SMARTS) is 1. The third kappa shape index (κ3) is 12.5. The van der Waals surface area contributed by atoms with E-state index in [9.17, 15) is 9.90 Å². The number of unbranched alkanes of at least 4 members (excludes halogenated alkanes) is 1. The zero-order valence-corrected chi connectivity index (χ0v) is 15.7. The zero-order valence-electron chi connectivity index (χ0n) is 15.7. The number of ether oxygens (including phenoxy) is 1. The maximum absolute atomic E-state index is 10.2. The van der Waals surface area contributed by atoms with Crippen molar-refractivity contribution in [3.8, 4) is 0 Å². The van der Waals surface area contributed by atoms with Crippen LogP contribution in [0.2, 0.25) is 0 Å². The van der Waals surface area contributed by atoms with Gasteiger partial charge in [0, 0.05) is 6.08 Å². The van der Waals surface area contributed by atoms with Crippen molar-refractivity contribution in [1.82, 2.24) is 0 Å².